The van der Waals surface area contributed by atoms with E-state index < -0.39 is 0 Å². The van der Waals surface area contributed by atoms with Crippen molar-refractivity contribution < 1.29 is 5.11 Å². The van der Waals surface area contributed by atoms with Crippen LogP contribution in [0.5, 0.6) is 0 Å². The van der Waals surface area contributed by atoms with Gasteiger partial charge in [0.05, 0.1) is 6.10 Å². The fraction of sp³-hybridized carbons (Fsp3) is 1.00. The van der Waals surface area contributed by atoms with Crippen LogP contribution in [-0.2, 0) is 0 Å². The van der Waals surface area contributed by atoms with E-state index in [9.17, 15) is 5.11 Å². The van der Waals surface area contributed by atoms with Crippen molar-refractivity contribution in [3.8, 4) is 0 Å². The Morgan fingerprint density at radius 1 is 0.667 bits per heavy atom. The Balaban J connectivity index is 3.69. The smallest absolute Gasteiger partial charge is 0.0540 e. The summed E-state index contributed by atoms with van der Waals surface area (Å²) in [5.74, 6) is 1.66. The van der Waals surface area contributed by atoms with Gasteiger partial charge in [-0.15, -0.1) is 0 Å². The van der Waals surface area contributed by atoms with Crippen molar-refractivity contribution in [1.82, 2.24) is 0 Å². The predicted octanol–water partition coefficient (Wildman–Crippen LogP) is 5.56. The lowest BCUT2D eigenvalue weighted by atomic mass is 9.90. The monoisotopic (exact) mass is 256 g/mol. The standard InChI is InChI=1S/C17H36O/c1-5-9-10-16(8-4)12-14-17(18)13-11-15(6-2)7-3/h15-18H,5-14H2,1-4H3/t16-,17+/m0/s1. The summed E-state index contributed by atoms with van der Waals surface area (Å²) in [6, 6.07) is 0. The Bertz CT molecular complexity index is 163. The maximum absolute atomic E-state index is 10.1. The van der Waals surface area contributed by atoms with Gasteiger partial charge in [-0.2, -0.15) is 0 Å². The number of aliphatic hydroxyl groups is 1. The molecule has 1 nitrogen and oxygen atoms in total. The second kappa shape index (κ2) is 12.0. The minimum atomic E-state index is -0.0544. The first-order valence-corrected chi connectivity index (χ1v) is 8.35. The molecule has 18 heavy (non-hydrogen) atoms. The number of rotatable bonds is 12. The van der Waals surface area contributed by atoms with Crippen molar-refractivity contribution in [2.75, 3.05) is 0 Å². The van der Waals surface area contributed by atoms with Gasteiger partial charge in [-0.05, 0) is 37.5 Å². The minimum Gasteiger partial charge on any atom is -0.393 e. The van der Waals surface area contributed by atoms with E-state index in [4.69, 9.17) is 0 Å². The average molecular weight is 256 g/mol. The van der Waals surface area contributed by atoms with Crippen LogP contribution >= 0.6 is 0 Å². The molecule has 0 amide bonds. The van der Waals surface area contributed by atoms with E-state index in [0.29, 0.717) is 0 Å². The first-order chi connectivity index (χ1) is 8.67. The van der Waals surface area contributed by atoms with E-state index >= 15 is 0 Å². The largest absolute Gasteiger partial charge is 0.393 e. The minimum absolute atomic E-state index is 0.0544. The molecule has 0 aliphatic rings. The van der Waals surface area contributed by atoms with Crippen LogP contribution in [0.2, 0.25) is 0 Å². The van der Waals surface area contributed by atoms with Gasteiger partial charge in [0.15, 0.2) is 0 Å². The SMILES string of the molecule is CCCC[C@H](CC)CC[C@H](O)CCC(CC)CC. The highest BCUT2D eigenvalue weighted by Crippen LogP contribution is 2.22. The van der Waals surface area contributed by atoms with E-state index in [1.165, 1.54) is 51.4 Å². The Hall–Kier alpha value is -0.0400. The molecular formula is C17H36O. The van der Waals surface area contributed by atoms with Crippen LogP contribution in [0.25, 0.3) is 0 Å². The highest BCUT2D eigenvalue weighted by atomic mass is 16.3. The van der Waals surface area contributed by atoms with Gasteiger partial charge in [0, 0.05) is 0 Å². The Morgan fingerprint density at radius 3 is 1.61 bits per heavy atom. The van der Waals surface area contributed by atoms with Crippen LogP contribution in [0.4, 0.5) is 0 Å². The average Bonchev–Trinajstić information content (AvgIpc) is 2.40. The highest BCUT2D eigenvalue weighted by molar-refractivity contribution is 4.65. The molecule has 0 rings (SSSR count). The molecule has 0 aliphatic carbocycles. The molecule has 0 fully saturated rings. The maximum atomic E-state index is 10.1. The van der Waals surface area contributed by atoms with E-state index in [2.05, 4.69) is 27.7 Å². The zero-order valence-electron chi connectivity index (χ0n) is 13.3. The fourth-order valence-corrected chi connectivity index (χ4v) is 2.74. The van der Waals surface area contributed by atoms with Crippen molar-refractivity contribution in [2.24, 2.45) is 11.8 Å². The van der Waals surface area contributed by atoms with Gasteiger partial charge >= 0.3 is 0 Å². The molecule has 2 atom stereocenters. The number of hydrogen-bond donors (Lipinski definition) is 1. The van der Waals surface area contributed by atoms with Crippen molar-refractivity contribution in [3.05, 3.63) is 0 Å². The molecule has 0 aliphatic heterocycles. The molecule has 0 unspecified atom stereocenters. The highest BCUT2D eigenvalue weighted by Gasteiger charge is 2.12. The van der Waals surface area contributed by atoms with E-state index in [1.807, 2.05) is 0 Å². The second-order valence-electron chi connectivity index (χ2n) is 5.91. The Labute approximate surface area is 115 Å². The summed E-state index contributed by atoms with van der Waals surface area (Å²) >= 11 is 0. The fourth-order valence-electron chi connectivity index (χ4n) is 2.74. The van der Waals surface area contributed by atoms with Crippen LogP contribution in [-0.4, -0.2) is 11.2 Å². The van der Waals surface area contributed by atoms with Crippen molar-refractivity contribution >= 4 is 0 Å². The maximum Gasteiger partial charge on any atom is 0.0540 e. The van der Waals surface area contributed by atoms with Crippen LogP contribution in [0.15, 0.2) is 0 Å². The normalized spacial score (nSPS) is 15.0. The van der Waals surface area contributed by atoms with Gasteiger partial charge in [0.25, 0.3) is 0 Å². The molecule has 0 spiro atoms. The van der Waals surface area contributed by atoms with E-state index in [0.717, 1.165) is 24.7 Å². The van der Waals surface area contributed by atoms with Crippen LogP contribution in [0, 0.1) is 11.8 Å². The summed E-state index contributed by atoms with van der Waals surface area (Å²) in [6.07, 6.45) is 12.2. The third-order valence-electron chi connectivity index (χ3n) is 4.51. The van der Waals surface area contributed by atoms with Gasteiger partial charge < -0.3 is 5.11 Å². The Morgan fingerprint density at radius 2 is 1.17 bits per heavy atom. The van der Waals surface area contributed by atoms with E-state index in [1.54, 1.807) is 0 Å². The van der Waals surface area contributed by atoms with Crippen molar-refractivity contribution in [3.63, 3.8) is 0 Å². The molecule has 0 aromatic rings. The van der Waals surface area contributed by atoms with Gasteiger partial charge in [0.1, 0.15) is 0 Å². The molecule has 1 heteroatoms. The van der Waals surface area contributed by atoms with Gasteiger partial charge in [-0.3, -0.25) is 0 Å². The van der Waals surface area contributed by atoms with Crippen LogP contribution < -0.4 is 0 Å². The lowest BCUT2D eigenvalue weighted by molar-refractivity contribution is 0.133. The van der Waals surface area contributed by atoms with Crippen molar-refractivity contribution in [1.29, 1.82) is 0 Å². The summed E-state index contributed by atoms with van der Waals surface area (Å²) in [4.78, 5) is 0. The summed E-state index contributed by atoms with van der Waals surface area (Å²) in [6.45, 7) is 9.07. The first-order valence-electron chi connectivity index (χ1n) is 8.35. The van der Waals surface area contributed by atoms with Gasteiger partial charge in [0.2, 0.25) is 0 Å². The topological polar surface area (TPSA) is 20.2 Å². The molecule has 0 aromatic heterocycles. The molecule has 0 saturated carbocycles. The molecule has 0 heterocycles. The lowest BCUT2D eigenvalue weighted by Crippen LogP contribution is -2.12. The van der Waals surface area contributed by atoms with E-state index in [-0.39, 0.29) is 6.10 Å². The lowest BCUT2D eigenvalue weighted by Gasteiger charge is -2.19. The first kappa shape index (κ1) is 18.0. The van der Waals surface area contributed by atoms with Crippen LogP contribution in [0.1, 0.15) is 91.9 Å². The molecule has 110 valence electrons. The van der Waals surface area contributed by atoms with Gasteiger partial charge in [-0.25, -0.2) is 0 Å². The quantitative estimate of drug-likeness (QED) is 0.484. The predicted molar refractivity (Wildman–Crippen MR) is 81.9 cm³/mol. The molecular weight excluding hydrogens is 220 g/mol. The third kappa shape index (κ3) is 8.97. The van der Waals surface area contributed by atoms with Gasteiger partial charge in [-0.1, -0.05) is 66.2 Å². The zero-order valence-corrected chi connectivity index (χ0v) is 13.3. The summed E-state index contributed by atoms with van der Waals surface area (Å²) in [5.41, 5.74) is 0. The third-order valence-corrected chi connectivity index (χ3v) is 4.51. The molecule has 0 bridgehead atoms. The van der Waals surface area contributed by atoms with Crippen molar-refractivity contribution in [2.45, 2.75) is 98.0 Å². The number of unbranched alkanes of at least 4 members (excludes halogenated alkanes) is 1. The summed E-state index contributed by atoms with van der Waals surface area (Å²) < 4.78 is 0. The molecule has 0 saturated heterocycles. The number of hydrogen-bond acceptors (Lipinski definition) is 1. The molecule has 0 aromatic carbocycles. The zero-order chi connectivity index (χ0) is 13.8. The summed E-state index contributed by atoms with van der Waals surface area (Å²) in [5, 5.41) is 10.1. The molecule has 0 radical (unpaired) electrons. The molecule has 1 N–H and O–H groups in total. The van der Waals surface area contributed by atoms with Crippen LogP contribution in [0.3, 0.4) is 0 Å². The Kier molecular flexibility index (Phi) is 12.0. The second-order valence-corrected chi connectivity index (χ2v) is 5.91. The summed E-state index contributed by atoms with van der Waals surface area (Å²) in [7, 11) is 0. The number of aliphatic hydroxyl groups excluding tert-OH is 1.